The van der Waals surface area contributed by atoms with Crippen LogP contribution in [0.3, 0.4) is 0 Å². The smallest absolute Gasteiger partial charge is 0.246 e. The fourth-order valence-electron chi connectivity index (χ4n) is 3.34. The highest BCUT2D eigenvalue weighted by molar-refractivity contribution is 7.99. The number of amides is 1. The van der Waals surface area contributed by atoms with E-state index in [1.807, 2.05) is 35.9 Å². The monoisotopic (exact) mass is 476 g/mol. The number of fused-ring (bicyclic) bond motifs is 1. The van der Waals surface area contributed by atoms with Gasteiger partial charge in [0.25, 0.3) is 0 Å². The summed E-state index contributed by atoms with van der Waals surface area (Å²) in [6, 6.07) is 12.4. The number of aryl methyl sites for hydroxylation is 1. The predicted octanol–water partition coefficient (Wildman–Crippen LogP) is 3.73. The van der Waals surface area contributed by atoms with Crippen LogP contribution in [0.5, 0.6) is 5.75 Å². The van der Waals surface area contributed by atoms with Gasteiger partial charge in [-0.2, -0.15) is 4.31 Å². The van der Waals surface area contributed by atoms with Crippen molar-refractivity contribution in [2.45, 2.75) is 30.8 Å². The molecule has 1 aromatic heterocycles. The lowest BCUT2D eigenvalue weighted by Gasteiger charge is -2.21. The molecule has 172 valence electrons. The highest BCUT2D eigenvalue weighted by atomic mass is 32.2. The summed E-state index contributed by atoms with van der Waals surface area (Å²) in [7, 11) is -1.84. The van der Waals surface area contributed by atoms with E-state index in [4.69, 9.17) is 4.74 Å². The van der Waals surface area contributed by atoms with Crippen LogP contribution in [-0.4, -0.2) is 53.6 Å². The molecule has 10 heteroatoms. The summed E-state index contributed by atoms with van der Waals surface area (Å²) in [5, 5.41) is 3.52. The molecule has 0 saturated heterocycles. The number of para-hydroxylation sites is 2. The number of carbonyl (C=O) groups is 1. The summed E-state index contributed by atoms with van der Waals surface area (Å²) in [5.74, 6) is 0.159. The van der Waals surface area contributed by atoms with Gasteiger partial charge in [0, 0.05) is 25.8 Å². The number of thioether (sulfide) groups is 1. The number of sulfonamides is 1. The number of benzene rings is 2. The lowest BCUT2D eigenvalue weighted by Crippen LogP contribution is -2.31. The van der Waals surface area contributed by atoms with Gasteiger partial charge in [0.15, 0.2) is 5.16 Å². The molecule has 1 amide bonds. The van der Waals surface area contributed by atoms with Crippen LogP contribution in [0.25, 0.3) is 11.0 Å². The molecule has 0 radical (unpaired) electrons. The number of aromatic nitrogens is 2. The van der Waals surface area contributed by atoms with Crippen molar-refractivity contribution in [3.8, 4) is 5.75 Å². The average molecular weight is 477 g/mol. The first-order valence-corrected chi connectivity index (χ1v) is 12.8. The Morgan fingerprint density at radius 1 is 1.16 bits per heavy atom. The number of rotatable bonds is 10. The van der Waals surface area contributed by atoms with E-state index in [2.05, 4.69) is 10.3 Å². The normalized spacial score (nSPS) is 11.8. The molecule has 32 heavy (non-hydrogen) atoms. The van der Waals surface area contributed by atoms with Gasteiger partial charge in [0.05, 0.1) is 23.4 Å². The Hall–Kier alpha value is -2.56. The first kappa shape index (κ1) is 24.1. The van der Waals surface area contributed by atoms with Crippen molar-refractivity contribution in [3.05, 3.63) is 42.5 Å². The van der Waals surface area contributed by atoms with E-state index in [1.54, 1.807) is 32.9 Å². The molecule has 0 fully saturated rings. The quantitative estimate of drug-likeness (QED) is 0.448. The second kappa shape index (κ2) is 10.4. The van der Waals surface area contributed by atoms with Gasteiger partial charge >= 0.3 is 0 Å². The first-order valence-electron chi connectivity index (χ1n) is 10.4. The van der Waals surface area contributed by atoms with Crippen LogP contribution in [-0.2, 0) is 21.9 Å². The molecule has 8 nitrogen and oxygen atoms in total. The number of nitrogens with one attached hydrogen (secondary N) is 1. The summed E-state index contributed by atoms with van der Waals surface area (Å²) in [4.78, 5) is 17.2. The maximum atomic E-state index is 13.1. The Bertz CT molecular complexity index is 1200. The first-order chi connectivity index (χ1) is 15.3. The van der Waals surface area contributed by atoms with Crippen molar-refractivity contribution in [2.24, 2.45) is 7.05 Å². The number of anilines is 1. The zero-order valence-electron chi connectivity index (χ0n) is 18.7. The number of nitrogens with zero attached hydrogens (tertiary/aromatic N) is 3. The zero-order chi connectivity index (χ0) is 23.3. The summed E-state index contributed by atoms with van der Waals surface area (Å²) in [6.45, 7) is 6.38. The molecule has 2 aromatic carbocycles. The molecule has 0 aliphatic rings. The van der Waals surface area contributed by atoms with Crippen LogP contribution in [0, 0.1) is 0 Å². The molecule has 1 heterocycles. The third kappa shape index (κ3) is 5.08. The number of hydrogen-bond acceptors (Lipinski definition) is 6. The van der Waals surface area contributed by atoms with Crippen LogP contribution in [0.15, 0.2) is 52.5 Å². The molecule has 0 aliphatic heterocycles. The minimum absolute atomic E-state index is 0.0452. The third-order valence-electron chi connectivity index (χ3n) is 4.93. The number of ether oxygens (including phenoxy) is 1. The van der Waals surface area contributed by atoms with Gasteiger partial charge in [-0.3, -0.25) is 4.79 Å². The van der Waals surface area contributed by atoms with Gasteiger partial charge in [-0.05, 0) is 37.3 Å². The van der Waals surface area contributed by atoms with Crippen molar-refractivity contribution in [1.82, 2.24) is 13.9 Å². The Kier molecular flexibility index (Phi) is 7.81. The fraction of sp³-hybridized carbons (Fsp3) is 0.364. The van der Waals surface area contributed by atoms with E-state index in [-0.39, 0.29) is 22.3 Å². The summed E-state index contributed by atoms with van der Waals surface area (Å²) < 4.78 is 35.0. The Morgan fingerprint density at radius 2 is 1.88 bits per heavy atom. The van der Waals surface area contributed by atoms with Crippen molar-refractivity contribution in [3.63, 3.8) is 0 Å². The topological polar surface area (TPSA) is 93.5 Å². The minimum atomic E-state index is -3.75. The van der Waals surface area contributed by atoms with Crippen LogP contribution in [0.1, 0.15) is 20.8 Å². The van der Waals surface area contributed by atoms with Gasteiger partial charge < -0.3 is 14.6 Å². The maximum Gasteiger partial charge on any atom is 0.246 e. The maximum absolute atomic E-state index is 13.1. The van der Waals surface area contributed by atoms with Gasteiger partial charge in [-0.25, -0.2) is 13.4 Å². The zero-order valence-corrected chi connectivity index (χ0v) is 20.3. The number of carbonyl (C=O) groups excluding carboxylic acids is 1. The van der Waals surface area contributed by atoms with Crippen molar-refractivity contribution in [1.29, 1.82) is 0 Å². The minimum Gasteiger partial charge on any atom is -0.492 e. The largest absolute Gasteiger partial charge is 0.492 e. The summed E-state index contributed by atoms with van der Waals surface area (Å²) >= 11 is 1.32. The molecule has 0 spiro atoms. The fourth-order valence-corrected chi connectivity index (χ4v) is 5.75. The van der Waals surface area contributed by atoms with Crippen LogP contribution in [0.4, 0.5) is 5.69 Å². The second-order valence-corrected chi connectivity index (χ2v) is 9.81. The molecule has 0 saturated carbocycles. The van der Waals surface area contributed by atoms with Crippen LogP contribution < -0.4 is 10.1 Å². The van der Waals surface area contributed by atoms with E-state index in [1.165, 1.54) is 22.1 Å². The highest BCUT2D eigenvalue weighted by Gasteiger charge is 2.26. The van der Waals surface area contributed by atoms with E-state index in [0.717, 1.165) is 16.2 Å². The Balaban J connectivity index is 1.77. The molecule has 0 atom stereocenters. The van der Waals surface area contributed by atoms with E-state index in [9.17, 15) is 13.2 Å². The SMILES string of the molecule is CCOc1ccc(NC(=O)CSc2nc3ccccc3n2C)cc1S(=O)(=O)N(CC)CC. The highest BCUT2D eigenvalue weighted by Crippen LogP contribution is 2.30. The van der Waals surface area contributed by atoms with E-state index in [0.29, 0.717) is 25.4 Å². The van der Waals surface area contributed by atoms with Crippen molar-refractivity contribution >= 4 is 44.4 Å². The summed E-state index contributed by atoms with van der Waals surface area (Å²) in [5.41, 5.74) is 2.26. The molecular weight excluding hydrogens is 448 g/mol. The molecular formula is C22H28N4O4S2. The predicted molar refractivity (Wildman–Crippen MR) is 128 cm³/mol. The van der Waals surface area contributed by atoms with Gasteiger partial charge in [-0.1, -0.05) is 37.7 Å². The lowest BCUT2D eigenvalue weighted by molar-refractivity contribution is -0.113. The van der Waals surface area contributed by atoms with Crippen LogP contribution in [0.2, 0.25) is 0 Å². The van der Waals surface area contributed by atoms with Crippen LogP contribution >= 0.6 is 11.8 Å². The Labute approximate surface area is 193 Å². The van der Waals surface area contributed by atoms with Gasteiger partial charge in [0.2, 0.25) is 15.9 Å². The van der Waals surface area contributed by atoms with Crippen molar-refractivity contribution in [2.75, 3.05) is 30.8 Å². The molecule has 3 rings (SSSR count). The molecule has 0 aliphatic carbocycles. The molecule has 3 aromatic rings. The molecule has 0 unspecified atom stereocenters. The molecule has 0 bridgehead atoms. The lowest BCUT2D eigenvalue weighted by atomic mass is 10.3. The summed E-state index contributed by atoms with van der Waals surface area (Å²) in [6.07, 6.45) is 0. The van der Waals surface area contributed by atoms with Gasteiger partial charge in [-0.15, -0.1) is 0 Å². The molecule has 1 N–H and O–H groups in total. The third-order valence-corrected chi connectivity index (χ3v) is 8.03. The van der Waals surface area contributed by atoms with Gasteiger partial charge in [0.1, 0.15) is 10.6 Å². The van der Waals surface area contributed by atoms with E-state index >= 15 is 0 Å². The second-order valence-electron chi connectivity index (χ2n) is 6.96. The van der Waals surface area contributed by atoms with Crippen molar-refractivity contribution < 1.29 is 17.9 Å². The van der Waals surface area contributed by atoms with E-state index < -0.39 is 10.0 Å². The Morgan fingerprint density at radius 3 is 2.53 bits per heavy atom. The number of hydrogen-bond donors (Lipinski definition) is 1. The standard InChI is InChI=1S/C22H28N4O4S2/c1-5-26(6-2)32(28,29)20-14-16(12-13-19(20)30-7-3)23-21(27)15-31-22-24-17-10-8-9-11-18(17)25(22)4/h8-14H,5-7,15H2,1-4H3,(H,23,27). The number of imidazole rings is 1. The average Bonchev–Trinajstić information content (AvgIpc) is 3.10.